The van der Waals surface area contributed by atoms with E-state index in [2.05, 4.69) is 15.5 Å². The second kappa shape index (κ2) is 6.22. The van der Waals surface area contributed by atoms with E-state index in [0.29, 0.717) is 12.1 Å². The third kappa shape index (κ3) is 3.58. The number of aryl methyl sites for hydroxylation is 1. The van der Waals surface area contributed by atoms with E-state index < -0.39 is 11.7 Å². The fourth-order valence-electron chi connectivity index (χ4n) is 2.26. The zero-order valence-corrected chi connectivity index (χ0v) is 11.8. The number of rotatable bonds is 4. The molecule has 0 spiro atoms. The smallest absolute Gasteiger partial charge is 0.306 e. The first kappa shape index (κ1) is 15.4. The van der Waals surface area contributed by atoms with E-state index in [0.717, 1.165) is 17.2 Å². The summed E-state index contributed by atoms with van der Waals surface area (Å²) in [5, 5.41) is 10.8. The van der Waals surface area contributed by atoms with Crippen LogP contribution in [-0.4, -0.2) is 16.7 Å². The first-order valence-corrected chi connectivity index (χ1v) is 6.61. The normalized spacial score (nSPS) is 13.2. The van der Waals surface area contributed by atoms with E-state index in [1.807, 2.05) is 6.92 Å². The lowest BCUT2D eigenvalue weighted by molar-refractivity contribution is -0.137. The molecule has 112 valence electrons. The fraction of sp³-hybridized carbons (Fsp3) is 0.333. The molecule has 1 atom stereocenters. The van der Waals surface area contributed by atoms with Gasteiger partial charge in [-0.05, 0) is 48.4 Å². The number of nitrogens with one attached hydrogen (secondary N) is 1. The summed E-state index contributed by atoms with van der Waals surface area (Å²) in [6.45, 7) is 4.32. The van der Waals surface area contributed by atoms with Crippen LogP contribution < -0.4 is 5.32 Å². The monoisotopic (exact) mass is 295 g/mol. The molecule has 0 amide bonds. The molecule has 0 saturated carbocycles. The molecule has 1 unspecified atom stereocenters. The predicted molar refractivity (Wildman–Crippen MR) is 73.7 cm³/mol. The Balaban J connectivity index is 2.42. The molecule has 0 saturated heterocycles. The van der Waals surface area contributed by atoms with Crippen molar-refractivity contribution in [2.75, 3.05) is 6.54 Å². The molecule has 0 bridgehead atoms. The van der Waals surface area contributed by atoms with Gasteiger partial charge in [0.05, 0.1) is 17.8 Å². The highest BCUT2D eigenvalue weighted by Crippen LogP contribution is 2.32. The number of alkyl halides is 3. The molecule has 2 rings (SSSR count). The van der Waals surface area contributed by atoms with Gasteiger partial charge in [-0.3, -0.25) is 0 Å². The Labute approximate surface area is 121 Å². The van der Waals surface area contributed by atoms with Gasteiger partial charge < -0.3 is 5.32 Å². The molecule has 1 heterocycles. The Hall–Kier alpha value is -1.95. The van der Waals surface area contributed by atoms with E-state index in [4.69, 9.17) is 0 Å². The summed E-state index contributed by atoms with van der Waals surface area (Å²) in [6.07, 6.45) is -1.14. The van der Waals surface area contributed by atoms with Crippen LogP contribution in [0.4, 0.5) is 13.2 Å². The van der Waals surface area contributed by atoms with Gasteiger partial charge in [0.1, 0.15) is 0 Å². The average Bonchev–Trinajstić information content (AvgIpc) is 2.45. The van der Waals surface area contributed by atoms with Gasteiger partial charge in [0, 0.05) is 6.20 Å². The van der Waals surface area contributed by atoms with Crippen molar-refractivity contribution in [2.45, 2.75) is 26.1 Å². The van der Waals surface area contributed by atoms with Crippen LogP contribution in [0.2, 0.25) is 0 Å². The van der Waals surface area contributed by atoms with Crippen LogP contribution in [0.5, 0.6) is 0 Å². The second-order valence-electron chi connectivity index (χ2n) is 4.74. The molecular formula is C15H16F3N3. The predicted octanol–water partition coefficient (Wildman–Crippen LogP) is 3.50. The van der Waals surface area contributed by atoms with Gasteiger partial charge in [-0.1, -0.05) is 13.0 Å². The van der Waals surface area contributed by atoms with Crippen molar-refractivity contribution in [1.82, 2.24) is 15.5 Å². The van der Waals surface area contributed by atoms with Crippen molar-refractivity contribution in [1.29, 1.82) is 0 Å². The lowest BCUT2D eigenvalue weighted by atomic mass is 9.94. The number of hydrogen-bond acceptors (Lipinski definition) is 3. The Bertz CT molecular complexity index is 597. The molecule has 21 heavy (non-hydrogen) atoms. The molecule has 0 aliphatic carbocycles. The minimum atomic E-state index is -4.32. The molecule has 1 aromatic heterocycles. The SMILES string of the molecule is CCNC(c1ccnnc1)c1ccc(C(F)(F)F)cc1C. The highest BCUT2D eigenvalue weighted by Gasteiger charge is 2.31. The highest BCUT2D eigenvalue weighted by atomic mass is 19.4. The molecular weight excluding hydrogens is 279 g/mol. The van der Waals surface area contributed by atoms with Crippen LogP contribution in [0.15, 0.2) is 36.7 Å². The van der Waals surface area contributed by atoms with Crippen LogP contribution >= 0.6 is 0 Å². The summed E-state index contributed by atoms with van der Waals surface area (Å²) in [5.74, 6) is 0. The molecule has 0 aliphatic rings. The standard InChI is InChI=1S/C15H16F3N3/c1-3-19-14(11-6-7-20-21-9-11)13-5-4-12(8-10(13)2)15(16,17)18/h4-9,14,19H,3H2,1-2H3. The number of halogens is 3. The molecule has 0 aliphatic heterocycles. The zero-order chi connectivity index (χ0) is 15.5. The van der Waals surface area contributed by atoms with Crippen molar-refractivity contribution >= 4 is 0 Å². The van der Waals surface area contributed by atoms with Gasteiger partial charge in [0.15, 0.2) is 0 Å². The maximum absolute atomic E-state index is 12.7. The number of nitrogens with zero attached hydrogens (tertiary/aromatic N) is 2. The summed E-state index contributed by atoms with van der Waals surface area (Å²) in [7, 11) is 0. The molecule has 0 fully saturated rings. The van der Waals surface area contributed by atoms with Gasteiger partial charge in [0.2, 0.25) is 0 Å². The maximum atomic E-state index is 12.7. The van der Waals surface area contributed by atoms with E-state index in [1.165, 1.54) is 12.1 Å². The summed E-state index contributed by atoms with van der Waals surface area (Å²) in [6, 6.07) is 5.41. The van der Waals surface area contributed by atoms with Gasteiger partial charge in [-0.25, -0.2) is 0 Å². The van der Waals surface area contributed by atoms with Crippen LogP contribution in [0, 0.1) is 6.92 Å². The van der Waals surface area contributed by atoms with Crippen LogP contribution in [-0.2, 0) is 6.18 Å². The van der Waals surface area contributed by atoms with Crippen molar-refractivity contribution in [2.24, 2.45) is 0 Å². The summed E-state index contributed by atoms with van der Waals surface area (Å²) in [5.41, 5.74) is 1.63. The van der Waals surface area contributed by atoms with E-state index >= 15 is 0 Å². The largest absolute Gasteiger partial charge is 0.416 e. The Kier molecular flexibility index (Phi) is 4.57. The summed E-state index contributed by atoms with van der Waals surface area (Å²) in [4.78, 5) is 0. The van der Waals surface area contributed by atoms with Gasteiger partial charge >= 0.3 is 6.18 Å². The summed E-state index contributed by atoms with van der Waals surface area (Å²) < 4.78 is 38.2. The lowest BCUT2D eigenvalue weighted by Crippen LogP contribution is -2.23. The quantitative estimate of drug-likeness (QED) is 0.938. The third-order valence-corrected chi connectivity index (χ3v) is 3.26. The average molecular weight is 295 g/mol. The van der Waals surface area contributed by atoms with Gasteiger partial charge in [-0.15, -0.1) is 0 Å². The van der Waals surface area contributed by atoms with Gasteiger partial charge in [0.25, 0.3) is 0 Å². The van der Waals surface area contributed by atoms with E-state index in [-0.39, 0.29) is 6.04 Å². The molecule has 0 radical (unpaired) electrons. The first-order chi connectivity index (χ1) is 9.93. The Morgan fingerprint density at radius 2 is 1.95 bits per heavy atom. The molecule has 1 N–H and O–H groups in total. The van der Waals surface area contributed by atoms with Crippen LogP contribution in [0.1, 0.15) is 35.2 Å². The van der Waals surface area contributed by atoms with Gasteiger partial charge in [-0.2, -0.15) is 23.4 Å². The fourth-order valence-corrected chi connectivity index (χ4v) is 2.26. The topological polar surface area (TPSA) is 37.8 Å². The third-order valence-electron chi connectivity index (χ3n) is 3.26. The van der Waals surface area contributed by atoms with Crippen LogP contribution in [0.25, 0.3) is 0 Å². The van der Waals surface area contributed by atoms with Crippen molar-refractivity contribution in [3.05, 3.63) is 58.9 Å². The molecule has 2 aromatic rings. The number of benzene rings is 1. The first-order valence-electron chi connectivity index (χ1n) is 6.61. The van der Waals surface area contributed by atoms with E-state index in [1.54, 1.807) is 25.4 Å². The zero-order valence-electron chi connectivity index (χ0n) is 11.8. The highest BCUT2D eigenvalue weighted by molar-refractivity contribution is 5.39. The van der Waals surface area contributed by atoms with Crippen molar-refractivity contribution < 1.29 is 13.2 Å². The maximum Gasteiger partial charge on any atom is 0.416 e. The van der Waals surface area contributed by atoms with Crippen LogP contribution in [0.3, 0.4) is 0 Å². The number of aromatic nitrogens is 2. The van der Waals surface area contributed by atoms with Crippen molar-refractivity contribution in [3.63, 3.8) is 0 Å². The van der Waals surface area contributed by atoms with E-state index in [9.17, 15) is 13.2 Å². The Morgan fingerprint density at radius 1 is 1.19 bits per heavy atom. The Morgan fingerprint density at radius 3 is 2.48 bits per heavy atom. The summed E-state index contributed by atoms with van der Waals surface area (Å²) >= 11 is 0. The molecule has 3 nitrogen and oxygen atoms in total. The molecule has 6 heteroatoms. The lowest BCUT2D eigenvalue weighted by Gasteiger charge is -2.21. The molecule has 1 aromatic carbocycles. The minimum Gasteiger partial charge on any atom is -0.306 e. The number of hydrogen-bond donors (Lipinski definition) is 1. The second-order valence-corrected chi connectivity index (χ2v) is 4.74. The van der Waals surface area contributed by atoms with Crippen molar-refractivity contribution in [3.8, 4) is 0 Å². The minimum absolute atomic E-state index is 0.201.